The Balaban J connectivity index is 1.75. The van der Waals surface area contributed by atoms with Gasteiger partial charge in [0.05, 0.1) is 11.1 Å². The molecule has 0 amide bonds. The molecule has 1 atom stereocenters. The van der Waals surface area contributed by atoms with Crippen molar-refractivity contribution in [3.63, 3.8) is 0 Å². The smallest absolute Gasteiger partial charge is 0.248 e. The number of rotatable bonds is 7. The lowest BCUT2D eigenvalue weighted by Gasteiger charge is -2.28. The summed E-state index contributed by atoms with van der Waals surface area (Å²) >= 11 is 3.64. The number of aryl methyl sites for hydroxylation is 1. The van der Waals surface area contributed by atoms with Gasteiger partial charge in [-0.1, -0.05) is 34.9 Å². The van der Waals surface area contributed by atoms with Gasteiger partial charge in [0.15, 0.2) is 17.3 Å². The number of ketones is 1. The third-order valence-corrected chi connectivity index (χ3v) is 5.80. The number of carbonyl (C=O) groups excluding carboxylic acids is 1. The molecule has 0 fully saturated rings. The van der Waals surface area contributed by atoms with Crippen molar-refractivity contribution in [3.8, 4) is 11.5 Å². The summed E-state index contributed by atoms with van der Waals surface area (Å²) in [4.78, 5) is 12.5. The minimum absolute atomic E-state index is 0.0602. The van der Waals surface area contributed by atoms with E-state index in [4.69, 9.17) is 9.47 Å². The fourth-order valence-corrected chi connectivity index (χ4v) is 4.46. The number of hydrogen-bond donors (Lipinski definition) is 1. The van der Waals surface area contributed by atoms with Crippen molar-refractivity contribution in [1.82, 2.24) is 20.2 Å². The Morgan fingerprint density at radius 1 is 1.22 bits per heavy atom. The SMILES string of the molecule is CCOc1cc(C2C(C(C)=O)=C(C)Nc3nnnn32)cc(Br)c1OCc1cccc(C)c1. The highest BCUT2D eigenvalue weighted by Gasteiger charge is 2.33. The zero-order valence-electron chi connectivity index (χ0n) is 18.3. The van der Waals surface area contributed by atoms with Crippen molar-refractivity contribution in [3.05, 3.63) is 68.8 Å². The van der Waals surface area contributed by atoms with Gasteiger partial charge in [0.2, 0.25) is 5.95 Å². The van der Waals surface area contributed by atoms with E-state index in [1.165, 1.54) is 5.56 Å². The number of aromatic nitrogens is 4. The van der Waals surface area contributed by atoms with Crippen LogP contribution < -0.4 is 14.8 Å². The number of fused-ring (bicyclic) bond motifs is 1. The van der Waals surface area contributed by atoms with Crippen LogP contribution in [0.4, 0.5) is 5.95 Å². The molecule has 166 valence electrons. The number of halogens is 1. The van der Waals surface area contributed by atoms with Gasteiger partial charge >= 0.3 is 0 Å². The molecule has 0 radical (unpaired) electrons. The van der Waals surface area contributed by atoms with Crippen molar-refractivity contribution >= 4 is 27.7 Å². The quantitative estimate of drug-likeness (QED) is 0.509. The molecule has 0 bridgehead atoms. The van der Waals surface area contributed by atoms with Crippen molar-refractivity contribution in [2.24, 2.45) is 0 Å². The van der Waals surface area contributed by atoms with Crippen molar-refractivity contribution in [2.75, 3.05) is 11.9 Å². The lowest BCUT2D eigenvalue weighted by Crippen LogP contribution is -2.28. The van der Waals surface area contributed by atoms with E-state index in [2.05, 4.69) is 42.8 Å². The molecule has 2 heterocycles. The predicted molar refractivity (Wildman–Crippen MR) is 124 cm³/mol. The second-order valence-electron chi connectivity index (χ2n) is 7.61. The third kappa shape index (κ3) is 4.25. The minimum atomic E-state index is -0.486. The number of nitrogens with one attached hydrogen (secondary N) is 1. The molecule has 0 saturated heterocycles. The number of tetrazole rings is 1. The largest absolute Gasteiger partial charge is 0.490 e. The molecule has 0 aliphatic carbocycles. The van der Waals surface area contributed by atoms with Crippen LogP contribution in [0, 0.1) is 6.92 Å². The number of nitrogens with zero attached hydrogens (tertiary/aromatic N) is 4. The molecule has 3 aromatic rings. The summed E-state index contributed by atoms with van der Waals surface area (Å²) in [6.45, 7) is 8.23. The van der Waals surface area contributed by atoms with Gasteiger partial charge in [0.1, 0.15) is 12.6 Å². The molecule has 0 saturated carbocycles. The topological polar surface area (TPSA) is 91.2 Å². The zero-order valence-corrected chi connectivity index (χ0v) is 19.9. The van der Waals surface area contributed by atoms with Crippen LogP contribution in [0.25, 0.3) is 0 Å². The van der Waals surface area contributed by atoms with Crippen LogP contribution in [-0.4, -0.2) is 32.6 Å². The second kappa shape index (κ2) is 9.12. The van der Waals surface area contributed by atoms with E-state index in [1.807, 2.05) is 51.1 Å². The van der Waals surface area contributed by atoms with Gasteiger partial charge in [-0.05, 0) is 77.3 Å². The molecule has 32 heavy (non-hydrogen) atoms. The van der Waals surface area contributed by atoms with E-state index < -0.39 is 6.04 Å². The van der Waals surface area contributed by atoms with Gasteiger partial charge in [-0.25, -0.2) is 0 Å². The molecule has 0 spiro atoms. The molecular formula is C23H24BrN5O3. The van der Waals surface area contributed by atoms with Gasteiger partial charge in [0, 0.05) is 11.3 Å². The Labute approximate surface area is 194 Å². The number of anilines is 1. The fraction of sp³-hybridized carbons (Fsp3) is 0.304. The first-order valence-electron chi connectivity index (χ1n) is 10.3. The molecule has 1 unspecified atom stereocenters. The Morgan fingerprint density at radius 2 is 2.03 bits per heavy atom. The summed E-state index contributed by atoms with van der Waals surface area (Å²) < 4.78 is 14.4. The molecule has 2 aromatic carbocycles. The number of benzene rings is 2. The lowest BCUT2D eigenvalue weighted by molar-refractivity contribution is -0.114. The summed E-state index contributed by atoms with van der Waals surface area (Å²) in [5.74, 6) is 1.60. The highest BCUT2D eigenvalue weighted by molar-refractivity contribution is 9.10. The Bertz CT molecular complexity index is 1200. The highest BCUT2D eigenvalue weighted by atomic mass is 79.9. The zero-order chi connectivity index (χ0) is 22.8. The van der Waals surface area contributed by atoms with Gasteiger partial charge in [0.25, 0.3) is 0 Å². The van der Waals surface area contributed by atoms with Crippen LogP contribution in [-0.2, 0) is 11.4 Å². The highest BCUT2D eigenvalue weighted by Crippen LogP contribution is 2.43. The number of ether oxygens (including phenoxy) is 2. The van der Waals surface area contributed by atoms with Crippen LogP contribution >= 0.6 is 15.9 Å². The first-order valence-corrected chi connectivity index (χ1v) is 11.1. The maximum absolute atomic E-state index is 12.5. The molecule has 1 aromatic heterocycles. The van der Waals surface area contributed by atoms with E-state index in [-0.39, 0.29) is 5.78 Å². The lowest BCUT2D eigenvalue weighted by atomic mass is 9.93. The summed E-state index contributed by atoms with van der Waals surface area (Å²) in [5.41, 5.74) is 4.36. The van der Waals surface area contributed by atoms with E-state index in [1.54, 1.807) is 11.6 Å². The summed E-state index contributed by atoms with van der Waals surface area (Å²) in [6.07, 6.45) is 0. The maximum Gasteiger partial charge on any atom is 0.248 e. The second-order valence-corrected chi connectivity index (χ2v) is 8.46. The fourth-order valence-electron chi connectivity index (χ4n) is 3.88. The van der Waals surface area contributed by atoms with Crippen LogP contribution in [0.15, 0.2) is 52.1 Å². The molecule has 4 rings (SSSR count). The Hall–Kier alpha value is -3.20. The van der Waals surface area contributed by atoms with Crippen molar-refractivity contribution in [2.45, 2.75) is 40.3 Å². The summed E-state index contributed by atoms with van der Waals surface area (Å²) in [5, 5.41) is 15.0. The maximum atomic E-state index is 12.5. The number of Topliss-reactive ketones (excluding diaryl/α,β-unsaturated/α-hetero) is 1. The van der Waals surface area contributed by atoms with E-state index in [0.717, 1.165) is 21.3 Å². The molecule has 1 aliphatic rings. The van der Waals surface area contributed by atoms with Crippen molar-refractivity contribution < 1.29 is 14.3 Å². The van der Waals surface area contributed by atoms with Crippen LogP contribution in [0.2, 0.25) is 0 Å². The predicted octanol–water partition coefficient (Wildman–Crippen LogP) is 4.60. The number of hydrogen-bond acceptors (Lipinski definition) is 7. The van der Waals surface area contributed by atoms with Gasteiger partial charge in [-0.15, -0.1) is 0 Å². The van der Waals surface area contributed by atoms with Gasteiger partial charge < -0.3 is 14.8 Å². The van der Waals surface area contributed by atoms with Crippen LogP contribution in [0.1, 0.15) is 43.5 Å². The molecule has 9 heteroatoms. The Morgan fingerprint density at radius 3 is 2.75 bits per heavy atom. The standard InChI is InChI=1S/C23H24BrN5O3/c1-5-31-19-11-17(10-18(24)22(19)32-12-16-8-6-7-13(2)9-16)21-20(15(4)30)14(3)25-23-26-27-28-29(21)23/h6-11,21H,5,12H2,1-4H3,(H,25,26,28). The first kappa shape index (κ1) is 22.0. The van der Waals surface area contributed by atoms with E-state index in [0.29, 0.717) is 36.2 Å². The minimum Gasteiger partial charge on any atom is -0.490 e. The van der Waals surface area contributed by atoms with Gasteiger partial charge in [-0.2, -0.15) is 4.68 Å². The molecule has 8 nitrogen and oxygen atoms in total. The molecule has 1 aliphatic heterocycles. The number of carbonyl (C=O) groups is 1. The molecular weight excluding hydrogens is 474 g/mol. The average Bonchev–Trinajstić information content (AvgIpc) is 3.20. The van der Waals surface area contributed by atoms with Crippen LogP contribution in [0.3, 0.4) is 0 Å². The summed E-state index contributed by atoms with van der Waals surface area (Å²) in [7, 11) is 0. The first-order chi connectivity index (χ1) is 15.4. The van der Waals surface area contributed by atoms with E-state index in [9.17, 15) is 4.79 Å². The number of allylic oxidation sites excluding steroid dienone is 2. The summed E-state index contributed by atoms with van der Waals surface area (Å²) in [6, 6.07) is 11.5. The normalized spacial score (nSPS) is 15.2. The average molecular weight is 498 g/mol. The van der Waals surface area contributed by atoms with Crippen LogP contribution in [0.5, 0.6) is 11.5 Å². The van der Waals surface area contributed by atoms with Crippen molar-refractivity contribution in [1.29, 1.82) is 0 Å². The van der Waals surface area contributed by atoms with Gasteiger partial charge in [-0.3, -0.25) is 4.79 Å². The monoisotopic (exact) mass is 497 g/mol. The Kier molecular flexibility index (Phi) is 6.27. The molecule has 1 N–H and O–H groups in total. The third-order valence-electron chi connectivity index (χ3n) is 5.21. The van der Waals surface area contributed by atoms with E-state index >= 15 is 0 Å².